The highest BCUT2D eigenvalue weighted by molar-refractivity contribution is 7.09. The summed E-state index contributed by atoms with van der Waals surface area (Å²) in [6.45, 7) is 5.90. The number of urea groups is 1. The molecule has 3 amide bonds. The molecule has 2 bridgehead atoms. The van der Waals surface area contributed by atoms with Gasteiger partial charge < -0.3 is 10.2 Å². The molecule has 0 aromatic rings. The number of carbonyl (C=O) groups is 2. The molecule has 3 aliphatic heterocycles. The minimum atomic E-state index is -0.184. The molecule has 24 heavy (non-hydrogen) atoms. The fourth-order valence-corrected chi connectivity index (χ4v) is 3.82. The third kappa shape index (κ3) is 4.15. The largest absolute Gasteiger partial charge is 0.344 e. The van der Waals surface area contributed by atoms with Crippen molar-refractivity contribution in [3.8, 4) is 0 Å². The predicted molar refractivity (Wildman–Crippen MR) is 89.6 cm³/mol. The number of hydroxylamine groups is 3. The molecule has 0 aromatic carbocycles. The number of nitrogens with zero attached hydrogens (tertiary/aromatic N) is 3. The summed E-state index contributed by atoms with van der Waals surface area (Å²) in [5, 5.41) is 4.68. The van der Waals surface area contributed by atoms with Crippen LogP contribution in [0, 0.1) is 0 Å². The zero-order valence-electron chi connectivity index (χ0n) is 13.8. The summed E-state index contributed by atoms with van der Waals surface area (Å²) in [5.74, 6) is -0.184. The van der Waals surface area contributed by atoms with Gasteiger partial charge in [-0.2, -0.15) is 5.06 Å². The highest BCUT2D eigenvalue weighted by Crippen LogP contribution is 2.31. The van der Waals surface area contributed by atoms with Crippen LogP contribution in [-0.4, -0.2) is 84.8 Å². The average Bonchev–Trinajstić information content (AvgIpc) is 2.86. The van der Waals surface area contributed by atoms with E-state index < -0.39 is 0 Å². The summed E-state index contributed by atoms with van der Waals surface area (Å²) in [6, 6.07) is -0.162. The molecule has 0 saturated carbocycles. The van der Waals surface area contributed by atoms with E-state index in [1.807, 2.05) is 0 Å². The van der Waals surface area contributed by atoms with Gasteiger partial charge in [0.05, 0.1) is 12.6 Å². The van der Waals surface area contributed by atoms with E-state index in [9.17, 15) is 9.59 Å². The molecule has 9 nitrogen and oxygen atoms in total. The number of hydrogen-bond acceptors (Lipinski definition) is 6. The first-order valence-corrected chi connectivity index (χ1v) is 8.96. The van der Waals surface area contributed by atoms with Crippen LogP contribution in [0.4, 0.5) is 4.79 Å². The Kier molecular flexibility index (Phi) is 6.24. The molecule has 0 spiro atoms. The number of nitrogens with one attached hydrogen (secondary N) is 2. The molecule has 0 aliphatic carbocycles. The van der Waals surface area contributed by atoms with Crippen LogP contribution < -0.4 is 10.8 Å². The second-order valence-corrected chi connectivity index (χ2v) is 6.63. The van der Waals surface area contributed by atoms with Gasteiger partial charge in [0.15, 0.2) is 0 Å². The summed E-state index contributed by atoms with van der Waals surface area (Å²) in [5.41, 5.74) is 2.50. The smallest absolute Gasteiger partial charge is 0.317 e. The number of carbonyl (C=O) groups excluding carboxylic acids is 2. The summed E-state index contributed by atoms with van der Waals surface area (Å²) in [6.07, 6.45) is 1.91. The Morgan fingerprint density at radius 2 is 2.12 bits per heavy atom. The van der Waals surface area contributed by atoms with Crippen molar-refractivity contribution in [1.29, 1.82) is 0 Å². The minimum Gasteiger partial charge on any atom is -0.317 e. The zero-order chi connectivity index (χ0) is 16.9. The monoisotopic (exact) mass is 359 g/mol. The second-order valence-electron chi connectivity index (χ2n) is 6.42. The third-order valence-corrected chi connectivity index (χ3v) is 5.11. The Morgan fingerprint density at radius 3 is 2.88 bits per heavy atom. The minimum absolute atomic E-state index is 0.0873. The lowest BCUT2D eigenvalue weighted by atomic mass is 9.98. The van der Waals surface area contributed by atoms with Crippen molar-refractivity contribution in [3.63, 3.8) is 0 Å². The molecular weight excluding hydrogens is 333 g/mol. The molecule has 136 valence electrons. The summed E-state index contributed by atoms with van der Waals surface area (Å²) in [4.78, 5) is 33.5. The van der Waals surface area contributed by atoms with Gasteiger partial charge in [-0.15, -0.1) is 0 Å². The van der Waals surface area contributed by atoms with Gasteiger partial charge in [-0.3, -0.25) is 19.2 Å². The molecule has 2 N–H and O–H groups in total. The number of piperazine rings is 1. The summed E-state index contributed by atoms with van der Waals surface area (Å²) >= 11 is 0. The Balaban J connectivity index is 1.35. The molecule has 1 unspecified atom stereocenters. The molecular formula is C14H26N5O4P. The zero-order valence-corrected chi connectivity index (χ0v) is 14.9. The first-order chi connectivity index (χ1) is 11.7. The Labute approximate surface area is 144 Å². The number of hydrogen-bond donors (Lipinski definition) is 2. The molecule has 0 aromatic heterocycles. The van der Waals surface area contributed by atoms with E-state index in [2.05, 4.69) is 25.2 Å². The van der Waals surface area contributed by atoms with Gasteiger partial charge in [0.25, 0.3) is 0 Å². The van der Waals surface area contributed by atoms with Crippen molar-refractivity contribution < 1.29 is 19.1 Å². The quantitative estimate of drug-likeness (QED) is 0.356. The lowest BCUT2D eigenvalue weighted by Crippen LogP contribution is -2.45. The molecule has 10 heteroatoms. The SMILES string of the molecule is O=C(C[C@@H]1CC[C@H]2CN1C(=O)N2OP)NOCCN1CCNCC1. The third-order valence-electron chi connectivity index (χ3n) is 4.89. The molecule has 3 heterocycles. The van der Waals surface area contributed by atoms with Gasteiger partial charge in [-0.25, -0.2) is 10.3 Å². The molecule has 3 rings (SSSR count). The van der Waals surface area contributed by atoms with Gasteiger partial charge in [0.2, 0.25) is 5.91 Å². The van der Waals surface area contributed by atoms with Gasteiger partial charge in [0, 0.05) is 61.2 Å². The van der Waals surface area contributed by atoms with E-state index in [0.717, 1.165) is 45.6 Å². The van der Waals surface area contributed by atoms with Crippen LogP contribution in [0.1, 0.15) is 19.3 Å². The maximum absolute atomic E-state index is 12.2. The van der Waals surface area contributed by atoms with Crippen molar-refractivity contribution in [2.24, 2.45) is 0 Å². The lowest BCUT2D eigenvalue weighted by molar-refractivity contribution is -0.135. The van der Waals surface area contributed by atoms with Crippen LogP contribution in [0.5, 0.6) is 0 Å². The van der Waals surface area contributed by atoms with Crippen LogP contribution >= 0.6 is 9.47 Å². The maximum atomic E-state index is 12.2. The highest BCUT2D eigenvalue weighted by Gasteiger charge is 2.45. The molecule has 3 aliphatic rings. The summed E-state index contributed by atoms with van der Waals surface area (Å²) in [7, 11) is 2.11. The molecule has 3 atom stereocenters. The highest BCUT2D eigenvalue weighted by atomic mass is 31.0. The lowest BCUT2D eigenvalue weighted by Gasteiger charge is -2.30. The first-order valence-electron chi connectivity index (χ1n) is 8.49. The fraction of sp³-hybridized carbons (Fsp3) is 0.857. The molecule has 3 fully saturated rings. The standard InChI is InChI=1S/C14H26N5O4P/c20-13(16-22-8-7-17-5-3-15-4-6-17)9-11-1-2-12-10-18(11)14(21)19(12)23-24/h11-12,15H,1-10,24H2,(H,16,20)/t11-,12-/m0/s1. The summed E-state index contributed by atoms with van der Waals surface area (Å²) < 4.78 is 5.05. The van der Waals surface area contributed by atoms with E-state index in [-0.39, 0.29) is 30.4 Å². The van der Waals surface area contributed by atoms with Gasteiger partial charge in [-0.1, -0.05) is 0 Å². The maximum Gasteiger partial charge on any atom is 0.344 e. The Morgan fingerprint density at radius 1 is 1.33 bits per heavy atom. The number of rotatable bonds is 7. The van der Waals surface area contributed by atoms with E-state index in [1.54, 1.807) is 4.90 Å². The van der Waals surface area contributed by atoms with Crippen molar-refractivity contribution in [3.05, 3.63) is 0 Å². The van der Waals surface area contributed by atoms with E-state index >= 15 is 0 Å². The molecule has 3 saturated heterocycles. The van der Waals surface area contributed by atoms with Gasteiger partial charge >= 0.3 is 6.03 Å². The van der Waals surface area contributed by atoms with E-state index in [4.69, 9.17) is 9.46 Å². The van der Waals surface area contributed by atoms with Crippen LogP contribution in [0.2, 0.25) is 0 Å². The Bertz CT molecular complexity index is 462. The fourth-order valence-electron chi connectivity index (χ4n) is 3.56. The normalized spacial score (nSPS) is 27.6. The first kappa shape index (κ1) is 17.8. The van der Waals surface area contributed by atoms with Crippen LogP contribution in [-0.2, 0) is 14.3 Å². The van der Waals surface area contributed by atoms with Crippen molar-refractivity contribution >= 4 is 21.4 Å². The van der Waals surface area contributed by atoms with E-state index in [0.29, 0.717) is 13.2 Å². The average molecular weight is 359 g/mol. The number of piperidine rings is 1. The second kappa shape index (κ2) is 8.40. The van der Waals surface area contributed by atoms with Crippen LogP contribution in [0.3, 0.4) is 0 Å². The molecule has 0 radical (unpaired) electrons. The van der Waals surface area contributed by atoms with Crippen molar-refractivity contribution in [2.45, 2.75) is 31.3 Å². The van der Waals surface area contributed by atoms with Gasteiger partial charge in [-0.05, 0) is 12.8 Å². The van der Waals surface area contributed by atoms with Crippen molar-refractivity contribution in [1.82, 2.24) is 25.7 Å². The van der Waals surface area contributed by atoms with Crippen LogP contribution in [0.25, 0.3) is 0 Å². The van der Waals surface area contributed by atoms with Crippen molar-refractivity contribution in [2.75, 3.05) is 45.9 Å². The van der Waals surface area contributed by atoms with E-state index in [1.165, 1.54) is 5.06 Å². The topological polar surface area (TPSA) is 86.4 Å². The predicted octanol–water partition coefficient (Wildman–Crippen LogP) is -0.680. The number of fused-ring (bicyclic) bond motifs is 2. The van der Waals surface area contributed by atoms with Gasteiger partial charge in [0.1, 0.15) is 0 Å². The Hall–Kier alpha value is -0.990. The number of amides is 3. The van der Waals surface area contributed by atoms with Crippen LogP contribution in [0.15, 0.2) is 0 Å².